The highest BCUT2D eigenvalue weighted by Gasteiger charge is 2.08. The van der Waals surface area contributed by atoms with Crippen LogP contribution in [0.2, 0.25) is 0 Å². The summed E-state index contributed by atoms with van der Waals surface area (Å²) in [6.07, 6.45) is 0.973. The Bertz CT molecular complexity index is 337. The molecule has 0 fully saturated rings. The van der Waals surface area contributed by atoms with E-state index in [1.165, 1.54) is 5.56 Å². The number of aryl methyl sites for hydroxylation is 1. The molecule has 0 aliphatic heterocycles. The molecule has 0 unspecified atom stereocenters. The number of rotatable bonds is 7. The van der Waals surface area contributed by atoms with Gasteiger partial charge in [0, 0.05) is 12.1 Å². The van der Waals surface area contributed by atoms with Gasteiger partial charge in [0.15, 0.2) is 0 Å². The van der Waals surface area contributed by atoms with Gasteiger partial charge in [-0.2, -0.15) is 0 Å². The van der Waals surface area contributed by atoms with Crippen molar-refractivity contribution in [3.63, 3.8) is 0 Å². The molecule has 0 spiro atoms. The van der Waals surface area contributed by atoms with E-state index in [0.717, 1.165) is 17.7 Å². The Kier molecular flexibility index (Phi) is 5.97. The minimum absolute atomic E-state index is 0.0771. The van der Waals surface area contributed by atoms with Crippen LogP contribution in [0, 0.1) is 0 Å². The summed E-state index contributed by atoms with van der Waals surface area (Å²) in [4.78, 5) is 0. The lowest BCUT2D eigenvalue weighted by Gasteiger charge is -2.15. The van der Waals surface area contributed by atoms with Crippen LogP contribution in [0.4, 0.5) is 0 Å². The third-order valence-electron chi connectivity index (χ3n) is 2.78. The molecule has 0 aliphatic carbocycles. The molecular formula is C13H21NO3. The van der Waals surface area contributed by atoms with E-state index in [2.05, 4.69) is 18.3 Å². The second-order valence-corrected chi connectivity index (χ2v) is 3.94. The van der Waals surface area contributed by atoms with E-state index in [4.69, 9.17) is 14.9 Å². The normalized spacial score (nSPS) is 10.9. The van der Waals surface area contributed by atoms with Gasteiger partial charge in [-0.1, -0.05) is 19.1 Å². The zero-order valence-electron chi connectivity index (χ0n) is 10.4. The number of methoxy groups -OCH3 is 1. The van der Waals surface area contributed by atoms with E-state index in [1.54, 1.807) is 7.11 Å². The van der Waals surface area contributed by atoms with Crippen molar-refractivity contribution in [2.24, 2.45) is 0 Å². The molecule has 0 saturated carbocycles. The lowest BCUT2D eigenvalue weighted by molar-refractivity contribution is 0.170. The van der Waals surface area contributed by atoms with Gasteiger partial charge in [0.2, 0.25) is 0 Å². The van der Waals surface area contributed by atoms with Gasteiger partial charge in [-0.3, -0.25) is 0 Å². The van der Waals surface area contributed by atoms with Gasteiger partial charge in [-0.15, -0.1) is 0 Å². The van der Waals surface area contributed by atoms with Crippen LogP contribution < -0.4 is 10.1 Å². The molecule has 4 nitrogen and oxygen atoms in total. The van der Waals surface area contributed by atoms with E-state index in [-0.39, 0.29) is 19.3 Å². The summed E-state index contributed by atoms with van der Waals surface area (Å²) in [5.41, 5.74) is 2.28. The van der Waals surface area contributed by atoms with Crippen molar-refractivity contribution in [2.75, 3.05) is 20.3 Å². The van der Waals surface area contributed by atoms with Gasteiger partial charge in [0.05, 0.1) is 26.4 Å². The average Bonchev–Trinajstić information content (AvgIpc) is 2.39. The van der Waals surface area contributed by atoms with Gasteiger partial charge in [0.25, 0.3) is 0 Å². The quantitative estimate of drug-likeness (QED) is 0.655. The van der Waals surface area contributed by atoms with Crippen molar-refractivity contribution >= 4 is 0 Å². The van der Waals surface area contributed by atoms with Gasteiger partial charge < -0.3 is 20.3 Å². The van der Waals surface area contributed by atoms with Crippen molar-refractivity contribution in [3.8, 4) is 5.75 Å². The maximum atomic E-state index is 8.98. The van der Waals surface area contributed by atoms with E-state index in [1.807, 2.05) is 12.1 Å². The van der Waals surface area contributed by atoms with E-state index in [0.29, 0.717) is 6.54 Å². The topological polar surface area (TPSA) is 61.7 Å². The van der Waals surface area contributed by atoms with Crippen molar-refractivity contribution in [3.05, 3.63) is 29.3 Å². The van der Waals surface area contributed by atoms with Gasteiger partial charge in [-0.25, -0.2) is 0 Å². The number of aliphatic hydroxyl groups is 2. The number of hydrogen-bond donors (Lipinski definition) is 3. The number of nitrogens with one attached hydrogen (secondary N) is 1. The maximum absolute atomic E-state index is 8.98. The summed E-state index contributed by atoms with van der Waals surface area (Å²) < 4.78 is 5.28. The Morgan fingerprint density at radius 3 is 2.53 bits per heavy atom. The van der Waals surface area contributed by atoms with E-state index in [9.17, 15) is 0 Å². The molecule has 0 bridgehead atoms. The van der Waals surface area contributed by atoms with Crippen LogP contribution in [-0.4, -0.2) is 36.6 Å². The maximum Gasteiger partial charge on any atom is 0.123 e. The molecule has 0 heterocycles. The smallest absolute Gasteiger partial charge is 0.123 e. The summed E-state index contributed by atoms with van der Waals surface area (Å²) in [6, 6.07) is 5.78. The summed E-state index contributed by atoms with van der Waals surface area (Å²) in [6.45, 7) is 2.52. The number of hydrogen-bond acceptors (Lipinski definition) is 4. The molecule has 0 amide bonds. The summed E-state index contributed by atoms with van der Waals surface area (Å²) >= 11 is 0. The third kappa shape index (κ3) is 4.00. The van der Waals surface area contributed by atoms with Crippen LogP contribution in [0.1, 0.15) is 18.1 Å². The first-order valence-corrected chi connectivity index (χ1v) is 5.86. The Morgan fingerprint density at radius 1 is 1.29 bits per heavy atom. The Balaban J connectivity index is 2.73. The second-order valence-electron chi connectivity index (χ2n) is 3.94. The minimum Gasteiger partial charge on any atom is -0.496 e. The molecule has 1 aromatic rings. The summed E-state index contributed by atoms with van der Waals surface area (Å²) in [7, 11) is 1.64. The van der Waals surface area contributed by atoms with Crippen LogP contribution in [0.15, 0.2) is 18.2 Å². The lowest BCUT2D eigenvalue weighted by atomic mass is 10.1. The molecule has 0 aromatic heterocycles. The highest BCUT2D eigenvalue weighted by Crippen LogP contribution is 2.20. The number of aliphatic hydroxyl groups excluding tert-OH is 2. The number of ether oxygens (including phenoxy) is 1. The standard InChI is InChI=1S/C13H21NO3/c1-3-10-4-5-13(17-2)11(6-10)7-14-12(8-15)9-16/h4-6,12,14-16H,3,7-9H2,1-2H3. The molecule has 4 heteroatoms. The predicted molar refractivity (Wildman–Crippen MR) is 67.2 cm³/mol. The molecule has 0 atom stereocenters. The largest absolute Gasteiger partial charge is 0.496 e. The van der Waals surface area contributed by atoms with E-state index < -0.39 is 0 Å². The van der Waals surface area contributed by atoms with Crippen LogP contribution in [-0.2, 0) is 13.0 Å². The fourth-order valence-corrected chi connectivity index (χ4v) is 1.63. The van der Waals surface area contributed by atoms with Crippen LogP contribution >= 0.6 is 0 Å². The van der Waals surface area contributed by atoms with Gasteiger partial charge in [0.1, 0.15) is 5.75 Å². The van der Waals surface area contributed by atoms with E-state index >= 15 is 0 Å². The SMILES string of the molecule is CCc1ccc(OC)c(CNC(CO)CO)c1. The first kappa shape index (κ1) is 14.0. The molecule has 3 N–H and O–H groups in total. The predicted octanol–water partition coefficient (Wildman–Crippen LogP) is 0.700. The van der Waals surface area contributed by atoms with Crippen LogP contribution in [0.5, 0.6) is 5.75 Å². The molecule has 1 rings (SSSR count). The molecule has 1 aromatic carbocycles. The molecule has 0 radical (unpaired) electrons. The Morgan fingerprint density at radius 2 is 2.00 bits per heavy atom. The molecular weight excluding hydrogens is 218 g/mol. The van der Waals surface area contributed by atoms with Crippen molar-refractivity contribution in [1.29, 1.82) is 0 Å². The van der Waals surface area contributed by atoms with Crippen molar-refractivity contribution in [2.45, 2.75) is 25.9 Å². The zero-order valence-corrected chi connectivity index (χ0v) is 10.4. The fourth-order valence-electron chi connectivity index (χ4n) is 1.63. The van der Waals surface area contributed by atoms with Crippen LogP contribution in [0.3, 0.4) is 0 Å². The fraction of sp³-hybridized carbons (Fsp3) is 0.538. The summed E-state index contributed by atoms with van der Waals surface area (Å²) in [5, 5.41) is 21.0. The second kappa shape index (κ2) is 7.27. The highest BCUT2D eigenvalue weighted by molar-refractivity contribution is 5.37. The summed E-state index contributed by atoms with van der Waals surface area (Å²) in [5.74, 6) is 0.823. The molecule has 0 saturated heterocycles. The van der Waals surface area contributed by atoms with Gasteiger partial charge in [-0.05, 0) is 18.1 Å². The first-order chi connectivity index (χ1) is 8.24. The Hall–Kier alpha value is -1.10. The molecule has 0 aliphatic rings. The third-order valence-corrected chi connectivity index (χ3v) is 2.78. The lowest BCUT2D eigenvalue weighted by Crippen LogP contribution is -2.35. The van der Waals surface area contributed by atoms with Crippen molar-refractivity contribution in [1.82, 2.24) is 5.32 Å². The highest BCUT2D eigenvalue weighted by atomic mass is 16.5. The Labute approximate surface area is 102 Å². The first-order valence-electron chi connectivity index (χ1n) is 5.86. The van der Waals surface area contributed by atoms with Crippen molar-refractivity contribution < 1.29 is 14.9 Å². The zero-order chi connectivity index (χ0) is 12.7. The monoisotopic (exact) mass is 239 g/mol. The van der Waals surface area contributed by atoms with Gasteiger partial charge >= 0.3 is 0 Å². The molecule has 17 heavy (non-hydrogen) atoms. The average molecular weight is 239 g/mol. The minimum atomic E-state index is -0.287. The van der Waals surface area contributed by atoms with Crippen LogP contribution in [0.25, 0.3) is 0 Å². The number of benzene rings is 1. The molecule has 96 valence electrons.